The summed E-state index contributed by atoms with van der Waals surface area (Å²) in [6.07, 6.45) is 4.82. The number of benzene rings is 1. The lowest BCUT2D eigenvalue weighted by atomic mass is 10.2. The zero-order valence-electron chi connectivity index (χ0n) is 13.6. The van der Waals surface area contributed by atoms with Crippen LogP contribution in [0.3, 0.4) is 0 Å². The summed E-state index contributed by atoms with van der Waals surface area (Å²) in [4.78, 5) is 32.3. The molecule has 2 aromatic heterocycles. The summed E-state index contributed by atoms with van der Waals surface area (Å²) in [7, 11) is 0. The van der Waals surface area contributed by atoms with Crippen LogP contribution in [0.2, 0.25) is 0 Å². The fourth-order valence-electron chi connectivity index (χ4n) is 2.16. The SMILES string of the molecule is O=C(CCn1cncn1)Nc1cccc(C(=O)Nc2ccc(Br)cn2)c1. The maximum Gasteiger partial charge on any atom is 0.256 e. The Morgan fingerprint density at radius 3 is 2.77 bits per heavy atom. The van der Waals surface area contributed by atoms with Crippen molar-refractivity contribution in [2.24, 2.45) is 0 Å². The number of aromatic nitrogens is 4. The van der Waals surface area contributed by atoms with Gasteiger partial charge in [0.15, 0.2) is 0 Å². The first-order valence-corrected chi connectivity index (χ1v) is 8.55. The third-order valence-corrected chi connectivity index (χ3v) is 3.88. The maximum absolute atomic E-state index is 12.3. The Labute approximate surface area is 157 Å². The highest BCUT2D eigenvalue weighted by Gasteiger charge is 2.09. The molecule has 9 heteroatoms. The quantitative estimate of drug-likeness (QED) is 0.645. The molecule has 0 bridgehead atoms. The second kappa shape index (κ2) is 8.34. The van der Waals surface area contributed by atoms with Gasteiger partial charge in [-0.25, -0.2) is 9.97 Å². The zero-order valence-corrected chi connectivity index (χ0v) is 15.2. The molecule has 0 saturated heterocycles. The fourth-order valence-corrected chi connectivity index (χ4v) is 2.40. The summed E-state index contributed by atoms with van der Waals surface area (Å²) in [5, 5.41) is 9.42. The predicted molar refractivity (Wildman–Crippen MR) is 99.6 cm³/mol. The van der Waals surface area contributed by atoms with E-state index in [9.17, 15) is 9.59 Å². The molecule has 0 radical (unpaired) electrons. The third kappa shape index (κ3) is 4.96. The van der Waals surface area contributed by atoms with Crippen molar-refractivity contribution in [2.45, 2.75) is 13.0 Å². The van der Waals surface area contributed by atoms with Gasteiger partial charge >= 0.3 is 0 Å². The van der Waals surface area contributed by atoms with Crippen LogP contribution in [0.5, 0.6) is 0 Å². The number of amides is 2. The number of pyridine rings is 1. The van der Waals surface area contributed by atoms with Crippen LogP contribution in [0.15, 0.2) is 59.7 Å². The van der Waals surface area contributed by atoms with Crippen molar-refractivity contribution in [3.63, 3.8) is 0 Å². The molecule has 0 unspecified atom stereocenters. The zero-order chi connectivity index (χ0) is 18.4. The Bertz CT molecular complexity index is 896. The van der Waals surface area contributed by atoms with Crippen LogP contribution >= 0.6 is 15.9 Å². The lowest BCUT2D eigenvalue weighted by Gasteiger charge is -2.08. The Morgan fingerprint density at radius 2 is 2.04 bits per heavy atom. The molecule has 0 aliphatic carbocycles. The molecule has 0 atom stereocenters. The molecule has 132 valence electrons. The summed E-state index contributed by atoms with van der Waals surface area (Å²) >= 11 is 3.29. The van der Waals surface area contributed by atoms with Crippen molar-refractivity contribution in [3.05, 3.63) is 65.3 Å². The van der Waals surface area contributed by atoms with E-state index in [-0.39, 0.29) is 18.2 Å². The first kappa shape index (κ1) is 17.7. The molecule has 0 saturated carbocycles. The Balaban J connectivity index is 1.59. The van der Waals surface area contributed by atoms with Crippen LogP contribution in [0, 0.1) is 0 Å². The molecule has 3 aromatic rings. The highest BCUT2D eigenvalue weighted by molar-refractivity contribution is 9.10. The minimum Gasteiger partial charge on any atom is -0.326 e. The van der Waals surface area contributed by atoms with Gasteiger partial charge in [-0.05, 0) is 46.3 Å². The normalized spacial score (nSPS) is 10.3. The molecule has 2 N–H and O–H groups in total. The minimum atomic E-state index is -0.307. The Hall–Kier alpha value is -3.07. The number of aryl methyl sites for hydroxylation is 1. The second-order valence-corrected chi connectivity index (χ2v) is 6.27. The van der Waals surface area contributed by atoms with Gasteiger partial charge in [-0.2, -0.15) is 5.10 Å². The van der Waals surface area contributed by atoms with Crippen LogP contribution in [-0.4, -0.2) is 31.6 Å². The summed E-state index contributed by atoms with van der Waals surface area (Å²) in [6.45, 7) is 0.432. The first-order chi connectivity index (χ1) is 12.6. The number of nitrogens with zero attached hydrogens (tertiary/aromatic N) is 4. The summed E-state index contributed by atoms with van der Waals surface area (Å²) < 4.78 is 2.40. The van der Waals surface area contributed by atoms with E-state index < -0.39 is 0 Å². The average Bonchev–Trinajstić information content (AvgIpc) is 3.16. The number of anilines is 2. The van der Waals surface area contributed by atoms with Gasteiger partial charge in [0, 0.05) is 28.3 Å². The number of hydrogen-bond donors (Lipinski definition) is 2. The molecule has 2 heterocycles. The Kier molecular flexibility index (Phi) is 5.69. The van der Waals surface area contributed by atoms with E-state index in [4.69, 9.17) is 0 Å². The first-order valence-electron chi connectivity index (χ1n) is 7.75. The van der Waals surface area contributed by atoms with Crippen LogP contribution in [0.4, 0.5) is 11.5 Å². The van der Waals surface area contributed by atoms with E-state index in [0.717, 1.165) is 4.47 Å². The van der Waals surface area contributed by atoms with Crippen LogP contribution in [0.1, 0.15) is 16.8 Å². The molecule has 8 nitrogen and oxygen atoms in total. The summed E-state index contributed by atoms with van der Waals surface area (Å²) in [5.74, 6) is -0.0355. The molecular formula is C17H15BrN6O2. The summed E-state index contributed by atoms with van der Waals surface area (Å²) in [5.41, 5.74) is 0.966. The Morgan fingerprint density at radius 1 is 1.15 bits per heavy atom. The standard InChI is InChI=1S/C17H15BrN6O2/c18-13-4-5-15(20-9-13)23-17(26)12-2-1-3-14(8-12)22-16(25)6-7-24-11-19-10-21-24/h1-5,8-11H,6-7H2,(H,22,25)(H,20,23,26). The molecule has 3 rings (SSSR count). The van der Waals surface area contributed by atoms with Crippen LogP contribution in [-0.2, 0) is 11.3 Å². The van der Waals surface area contributed by atoms with Gasteiger partial charge in [-0.15, -0.1) is 0 Å². The number of carbonyl (C=O) groups excluding carboxylic acids is 2. The minimum absolute atomic E-state index is 0.173. The van der Waals surface area contributed by atoms with E-state index in [1.807, 2.05) is 0 Å². The van der Waals surface area contributed by atoms with Gasteiger partial charge in [-0.3, -0.25) is 14.3 Å². The lowest BCUT2D eigenvalue weighted by molar-refractivity contribution is -0.116. The lowest BCUT2D eigenvalue weighted by Crippen LogP contribution is -2.16. The van der Waals surface area contributed by atoms with Crippen molar-refractivity contribution in [3.8, 4) is 0 Å². The van der Waals surface area contributed by atoms with Gasteiger partial charge in [0.05, 0.1) is 6.54 Å². The fraction of sp³-hybridized carbons (Fsp3) is 0.118. The second-order valence-electron chi connectivity index (χ2n) is 5.35. The highest BCUT2D eigenvalue weighted by Crippen LogP contribution is 2.14. The van der Waals surface area contributed by atoms with Gasteiger partial charge < -0.3 is 10.6 Å². The number of nitrogens with one attached hydrogen (secondary N) is 2. The van der Waals surface area contributed by atoms with E-state index >= 15 is 0 Å². The summed E-state index contributed by atoms with van der Waals surface area (Å²) in [6, 6.07) is 10.2. The predicted octanol–water partition coefficient (Wildman–Crippen LogP) is 2.72. The van der Waals surface area contributed by atoms with E-state index in [0.29, 0.717) is 23.6 Å². The van der Waals surface area contributed by atoms with Crippen molar-refractivity contribution < 1.29 is 9.59 Å². The highest BCUT2D eigenvalue weighted by atomic mass is 79.9. The molecule has 26 heavy (non-hydrogen) atoms. The molecular weight excluding hydrogens is 400 g/mol. The molecule has 0 spiro atoms. The third-order valence-electron chi connectivity index (χ3n) is 3.41. The van der Waals surface area contributed by atoms with Gasteiger partial charge in [0.25, 0.3) is 5.91 Å². The van der Waals surface area contributed by atoms with E-state index in [2.05, 4.69) is 41.6 Å². The monoisotopic (exact) mass is 414 g/mol. The van der Waals surface area contributed by atoms with Crippen molar-refractivity contribution >= 4 is 39.2 Å². The number of carbonyl (C=O) groups is 2. The number of hydrogen-bond acceptors (Lipinski definition) is 5. The van der Waals surface area contributed by atoms with Crippen molar-refractivity contribution in [1.82, 2.24) is 19.7 Å². The molecule has 0 aliphatic rings. The van der Waals surface area contributed by atoms with Crippen molar-refractivity contribution in [1.29, 1.82) is 0 Å². The van der Waals surface area contributed by atoms with Crippen LogP contribution < -0.4 is 10.6 Å². The number of halogens is 1. The van der Waals surface area contributed by atoms with E-state index in [1.165, 1.54) is 6.33 Å². The van der Waals surface area contributed by atoms with Gasteiger partial charge in [0.2, 0.25) is 5.91 Å². The molecule has 1 aromatic carbocycles. The van der Waals surface area contributed by atoms with Crippen LogP contribution in [0.25, 0.3) is 0 Å². The van der Waals surface area contributed by atoms with E-state index in [1.54, 1.807) is 53.6 Å². The largest absolute Gasteiger partial charge is 0.326 e. The molecule has 0 aliphatic heterocycles. The van der Waals surface area contributed by atoms with Gasteiger partial charge in [0.1, 0.15) is 18.5 Å². The topological polar surface area (TPSA) is 102 Å². The molecule has 0 fully saturated rings. The number of rotatable bonds is 6. The smallest absolute Gasteiger partial charge is 0.256 e. The van der Waals surface area contributed by atoms with Crippen molar-refractivity contribution in [2.75, 3.05) is 10.6 Å². The average molecular weight is 415 g/mol. The maximum atomic E-state index is 12.3. The molecule has 2 amide bonds. The van der Waals surface area contributed by atoms with Gasteiger partial charge in [-0.1, -0.05) is 6.07 Å².